The highest BCUT2D eigenvalue weighted by Gasteiger charge is 2.57. The summed E-state index contributed by atoms with van der Waals surface area (Å²) in [4.78, 5) is 4.99. The molecule has 0 aliphatic carbocycles. The Morgan fingerprint density at radius 3 is 1.11 bits per heavy atom. The quantitative estimate of drug-likeness (QED) is 0.0796. The van der Waals surface area contributed by atoms with E-state index in [0.29, 0.717) is 0 Å². The van der Waals surface area contributed by atoms with Crippen molar-refractivity contribution in [2.24, 2.45) is 5.73 Å². The fourth-order valence-electron chi connectivity index (χ4n) is 9.28. The van der Waals surface area contributed by atoms with Gasteiger partial charge in [-0.25, -0.2) is 8.42 Å². The SMILES string of the molecule is CS(=O)(=O)NC(c1ccccc1)(c1ccccc1)[C@@H]1CCCN1Cc1ccccc1.NC(c1ccccc1)(c1ccccc1)[C@@H]1CCCN1Cc1ccccc1.O=S(=O)(OS(=O)(=O)C(F)(F)F)C(F)(F)F. The number of nitrogens with zero attached hydrogens (tertiary/aromatic N) is 2. The first kappa shape index (κ1) is 54.9. The van der Waals surface area contributed by atoms with Crippen molar-refractivity contribution < 1.29 is 55.2 Å². The monoisotopic (exact) mass is 1040 g/mol. The summed E-state index contributed by atoms with van der Waals surface area (Å²) in [6.45, 7) is 3.77. The van der Waals surface area contributed by atoms with Gasteiger partial charge in [0.2, 0.25) is 10.0 Å². The highest BCUT2D eigenvalue weighted by atomic mass is 32.3. The number of halogens is 6. The molecule has 6 aromatic carbocycles. The fraction of sp³-hybridized carbons (Fsp3) is 0.294. The number of benzene rings is 6. The Labute approximate surface area is 411 Å². The minimum absolute atomic E-state index is 0.00256. The van der Waals surface area contributed by atoms with Crippen molar-refractivity contribution in [1.82, 2.24) is 14.5 Å². The van der Waals surface area contributed by atoms with Gasteiger partial charge < -0.3 is 5.73 Å². The molecule has 6 aromatic rings. The van der Waals surface area contributed by atoms with Gasteiger partial charge in [0.25, 0.3) is 0 Å². The van der Waals surface area contributed by atoms with Crippen molar-refractivity contribution >= 4 is 30.3 Å². The molecule has 20 heteroatoms. The molecule has 0 unspecified atom stereocenters. The average Bonchev–Trinajstić information content (AvgIpc) is 4.02. The second kappa shape index (κ2) is 23.0. The summed E-state index contributed by atoms with van der Waals surface area (Å²) in [6.07, 6.45) is 5.51. The number of nitrogens with one attached hydrogen (secondary N) is 1. The Bertz CT molecular complexity index is 2830. The van der Waals surface area contributed by atoms with Crippen LogP contribution in [0, 0.1) is 0 Å². The zero-order valence-electron chi connectivity index (χ0n) is 38.5. The first-order valence-corrected chi connectivity index (χ1v) is 27.1. The highest BCUT2D eigenvalue weighted by Crippen LogP contribution is 2.42. The maximum absolute atomic E-state index is 12.7. The van der Waals surface area contributed by atoms with Gasteiger partial charge in [0, 0.05) is 25.2 Å². The molecule has 0 radical (unpaired) electrons. The summed E-state index contributed by atoms with van der Waals surface area (Å²) in [6, 6.07) is 62.6. The van der Waals surface area contributed by atoms with Gasteiger partial charge in [-0.3, -0.25) is 9.80 Å². The normalized spacial score (nSPS) is 17.4. The van der Waals surface area contributed by atoms with E-state index in [2.05, 4.69) is 130 Å². The lowest BCUT2D eigenvalue weighted by Gasteiger charge is -2.44. The number of sulfonamides is 1. The van der Waals surface area contributed by atoms with Crippen molar-refractivity contribution in [1.29, 1.82) is 0 Å². The van der Waals surface area contributed by atoms with Gasteiger partial charge in [0.1, 0.15) is 0 Å². The topological polar surface area (TPSA) is 156 Å². The van der Waals surface area contributed by atoms with Crippen LogP contribution in [0.4, 0.5) is 26.3 Å². The van der Waals surface area contributed by atoms with E-state index < -0.39 is 52.4 Å². The van der Waals surface area contributed by atoms with Crippen molar-refractivity contribution in [2.45, 2.75) is 73.0 Å². The molecule has 2 atom stereocenters. The Balaban J connectivity index is 0.000000184. The number of hydrogen-bond donors (Lipinski definition) is 2. The predicted octanol–water partition coefficient (Wildman–Crippen LogP) is 9.40. The molecule has 2 fully saturated rings. The Hall–Kier alpha value is -5.45. The van der Waals surface area contributed by atoms with Crippen LogP contribution in [0.25, 0.3) is 0 Å². The molecule has 0 bridgehead atoms. The molecule has 2 heterocycles. The van der Waals surface area contributed by atoms with Crippen LogP contribution >= 0.6 is 0 Å². The van der Waals surface area contributed by atoms with Crippen LogP contribution in [0.15, 0.2) is 182 Å². The fourth-order valence-corrected chi connectivity index (χ4v) is 11.8. The molecule has 3 N–H and O–H groups in total. The van der Waals surface area contributed by atoms with Crippen LogP contribution in [0.2, 0.25) is 0 Å². The van der Waals surface area contributed by atoms with E-state index in [1.807, 2.05) is 70.4 Å². The molecule has 11 nitrogen and oxygen atoms in total. The van der Waals surface area contributed by atoms with Gasteiger partial charge in [-0.2, -0.15) is 47.9 Å². The minimum atomic E-state index is -6.85. The summed E-state index contributed by atoms with van der Waals surface area (Å²) in [7, 11) is -17.2. The van der Waals surface area contributed by atoms with Crippen molar-refractivity contribution in [3.8, 4) is 0 Å². The van der Waals surface area contributed by atoms with E-state index in [0.717, 1.165) is 56.6 Å². The van der Waals surface area contributed by atoms with E-state index in [4.69, 9.17) is 5.73 Å². The summed E-state index contributed by atoms with van der Waals surface area (Å²) in [5, 5.41) is 0. The summed E-state index contributed by atoms with van der Waals surface area (Å²) >= 11 is 0. The second-order valence-electron chi connectivity index (χ2n) is 17.1. The first-order chi connectivity index (χ1) is 33.5. The van der Waals surface area contributed by atoms with E-state index in [9.17, 15) is 51.6 Å². The van der Waals surface area contributed by atoms with E-state index in [1.54, 1.807) is 0 Å². The van der Waals surface area contributed by atoms with Crippen molar-refractivity contribution in [3.63, 3.8) is 0 Å². The predicted molar refractivity (Wildman–Crippen MR) is 260 cm³/mol. The molecule has 2 aliphatic heterocycles. The Kier molecular flexibility index (Phi) is 17.7. The number of likely N-dealkylation sites (tertiary alicyclic amines) is 2. The smallest absolute Gasteiger partial charge is 0.316 e. The maximum atomic E-state index is 12.7. The molecule has 71 heavy (non-hydrogen) atoms. The number of rotatable bonds is 14. The third-order valence-electron chi connectivity index (χ3n) is 12.3. The molecular formula is C51H54F6N4O7S3. The lowest BCUT2D eigenvalue weighted by Crippen LogP contribution is -2.58. The number of nitrogens with two attached hydrogens (primary N) is 1. The van der Waals surface area contributed by atoms with Crippen LogP contribution in [-0.2, 0) is 58.1 Å². The molecule has 380 valence electrons. The maximum Gasteiger partial charge on any atom is 0.524 e. The molecule has 0 amide bonds. The molecule has 0 saturated carbocycles. The molecule has 2 saturated heterocycles. The first-order valence-electron chi connectivity index (χ1n) is 22.4. The lowest BCUT2D eigenvalue weighted by molar-refractivity contribution is -0.0585. The van der Waals surface area contributed by atoms with E-state index >= 15 is 0 Å². The van der Waals surface area contributed by atoms with Crippen LogP contribution < -0.4 is 10.5 Å². The van der Waals surface area contributed by atoms with Crippen LogP contribution in [0.1, 0.15) is 59.1 Å². The molecule has 2 aliphatic rings. The Morgan fingerprint density at radius 1 is 0.493 bits per heavy atom. The van der Waals surface area contributed by atoms with Gasteiger partial charge in [-0.15, -0.1) is 3.63 Å². The molecule has 8 rings (SSSR count). The standard InChI is InChI=1S/C25H28N2O2S.C24H26N2.C2F6O5S2/c1-30(28,29)26-25(22-14-7-3-8-15-22,23-16-9-4-10-17-23)24-18-11-19-27(24)20-21-12-5-2-6-13-21;25-24(21-13-6-2-7-14-21,22-15-8-3-9-16-22)23-17-10-18-26(23)19-20-11-4-1-5-12-20;3-1(4,5)14(9,10)13-15(11,12)2(6,7)8/h2-10,12-17,24,26H,11,18-20H2,1H3;1-9,11-16,23H,10,17-19,25H2;/t24-;23-;/m00./s1. The van der Waals surface area contributed by atoms with Crippen molar-refractivity contribution in [2.75, 3.05) is 19.3 Å². The van der Waals surface area contributed by atoms with Gasteiger partial charge in [-0.1, -0.05) is 182 Å². The number of alkyl halides is 6. The highest BCUT2D eigenvalue weighted by molar-refractivity contribution is 8.00. The van der Waals surface area contributed by atoms with E-state index in [1.165, 1.54) is 34.9 Å². The van der Waals surface area contributed by atoms with Crippen LogP contribution in [0.5, 0.6) is 0 Å². The second-order valence-corrected chi connectivity index (χ2v) is 22.1. The van der Waals surface area contributed by atoms with Crippen LogP contribution in [0.3, 0.4) is 0 Å². The van der Waals surface area contributed by atoms with Crippen molar-refractivity contribution in [3.05, 3.63) is 215 Å². The largest absolute Gasteiger partial charge is 0.524 e. The summed E-state index contributed by atoms with van der Waals surface area (Å²) in [5.74, 6) is 0. The Morgan fingerprint density at radius 2 is 0.789 bits per heavy atom. The average molecular weight is 1050 g/mol. The van der Waals surface area contributed by atoms with Gasteiger partial charge in [0.05, 0.1) is 17.3 Å². The molecular weight excluding hydrogens is 991 g/mol. The third-order valence-corrected chi connectivity index (χ3v) is 15.5. The van der Waals surface area contributed by atoms with Gasteiger partial charge in [0.15, 0.2) is 0 Å². The third kappa shape index (κ3) is 13.5. The zero-order valence-corrected chi connectivity index (χ0v) is 40.9. The van der Waals surface area contributed by atoms with Crippen LogP contribution in [-0.4, -0.2) is 77.5 Å². The van der Waals surface area contributed by atoms with Gasteiger partial charge >= 0.3 is 31.3 Å². The summed E-state index contributed by atoms with van der Waals surface area (Å²) < 4.78 is 139. The molecule has 0 spiro atoms. The lowest BCUT2D eigenvalue weighted by atomic mass is 9.76. The van der Waals surface area contributed by atoms with Gasteiger partial charge in [-0.05, 0) is 72.2 Å². The summed E-state index contributed by atoms with van der Waals surface area (Å²) in [5.41, 5.74) is 0.261. The van der Waals surface area contributed by atoms with E-state index in [-0.39, 0.29) is 12.1 Å². The molecule has 0 aromatic heterocycles. The number of hydrogen-bond acceptors (Lipinski definition) is 10. The zero-order chi connectivity index (χ0) is 51.6. The minimum Gasteiger partial charge on any atom is -0.316 e.